The number of imide groups is 1. The number of nitrogens with one attached hydrogen (secondary N) is 2. The first kappa shape index (κ1) is 21.4. The second-order valence-corrected chi connectivity index (χ2v) is 7.82. The lowest BCUT2D eigenvalue weighted by molar-refractivity contribution is -0.117. The maximum absolute atomic E-state index is 12.3. The Morgan fingerprint density at radius 1 is 1.00 bits per heavy atom. The van der Waals surface area contributed by atoms with Crippen molar-refractivity contribution in [3.8, 4) is 17.1 Å². The second-order valence-electron chi connectivity index (χ2n) is 6.87. The molecule has 2 heterocycles. The maximum Gasteiger partial charge on any atom is 0.321 e. The number of aryl methyl sites for hydroxylation is 1. The fraction of sp³-hybridized carbons (Fsp3) is 0.130. The van der Waals surface area contributed by atoms with Gasteiger partial charge in [-0.05, 0) is 30.7 Å². The van der Waals surface area contributed by atoms with Gasteiger partial charge in [0.2, 0.25) is 5.91 Å². The summed E-state index contributed by atoms with van der Waals surface area (Å²) < 4.78 is 7.29. The van der Waals surface area contributed by atoms with E-state index in [0.29, 0.717) is 17.5 Å². The number of para-hydroxylation sites is 1. The number of aromatic nitrogens is 3. The van der Waals surface area contributed by atoms with Gasteiger partial charge in [-0.2, -0.15) is 0 Å². The van der Waals surface area contributed by atoms with Crippen LogP contribution in [0.3, 0.4) is 0 Å². The normalized spacial score (nSPS) is 10.7. The fourth-order valence-electron chi connectivity index (χ4n) is 3.08. The second kappa shape index (κ2) is 9.97. The molecule has 0 radical (unpaired) electrons. The smallest absolute Gasteiger partial charge is 0.321 e. The highest BCUT2D eigenvalue weighted by Crippen LogP contribution is 2.30. The first-order chi connectivity index (χ1) is 15.6. The average Bonchev–Trinajstić information content (AvgIpc) is 3.43. The maximum atomic E-state index is 12.3. The summed E-state index contributed by atoms with van der Waals surface area (Å²) in [4.78, 5) is 24.3. The van der Waals surface area contributed by atoms with Crippen LogP contribution >= 0.6 is 11.8 Å². The molecule has 4 aromatic rings. The number of carbonyl (C=O) groups is 2. The Hall–Kier alpha value is -3.85. The van der Waals surface area contributed by atoms with Gasteiger partial charge in [-0.25, -0.2) is 4.79 Å². The van der Waals surface area contributed by atoms with Gasteiger partial charge in [0.15, 0.2) is 11.0 Å². The number of carbonyl (C=O) groups excluding carboxylic acids is 2. The topological polar surface area (TPSA) is 102 Å². The van der Waals surface area contributed by atoms with Crippen molar-refractivity contribution in [2.24, 2.45) is 0 Å². The van der Waals surface area contributed by atoms with E-state index in [9.17, 15) is 9.59 Å². The molecule has 9 heteroatoms. The summed E-state index contributed by atoms with van der Waals surface area (Å²) in [7, 11) is 0. The fourth-order valence-corrected chi connectivity index (χ4v) is 3.83. The largest absolute Gasteiger partial charge is 0.469 e. The highest BCUT2D eigenvalue weighted by molar-refractivity contribution is 7.99. The third kappa shape index (κ3) is 5.06. The molecular weight excluding hydrogens is 426 g/mol. The molecular formula is C23H21N5O3S. The zero-order chi connectivity index (χ0) is 22.3. The number of hydrogen-bond donors (Lipinski definition) is 2. The molecule has 0 atom stereocenters. The monoisotopic (exact) mass is 447 g/mol. The lowest BCUT2D eigenvalue weighted by atomic mass is 10.2. The van der Waals surface area contributed by atoms with Gasteiger partial charge in [0.25, 0.3) is 0 Å². The Balaban J connectivity index is 1.43. The first-order valence-corrected chi connectivity index (χ1v) is 10.9. The van der Waals surface area contributed by atoms with E-state index in [4.69, 9.17) is 4.42 Å². The molecule has 0 aliphatic heterocycles. The van der Waals surface area contributed by atoms with Gasteiger partial charge in [-0.1, -0.05) is 60.3 Å². The molecule has 3 amide bonds. The number of urea groups is 1. The van der Waals surface area contributed by atoms with Gasteiger partial charge in [-0.15, -0.1) is 10.2 Å². The third-order valence-corrected chi connectivity index (χ3v) is 5.56. The van der Waals surface area contributed by atoms with Crippen molar-refractivity contribution >= 4 is 23.7 Å². The number of amides is 3. The molecule has 0 saturated heterocycles. The van der Waals surface area contributed by atoms with Gasteiger partial charge < -0.3 is 9.73 Å². The molecule has 8 nitrogen and oxygen atoms in total. The van der Waals surface area contributed by atoms with E-state index in [-0.39, 0.29) is 5.75 Å². The minimum Gasteiger partial charge on any atom is -0.469 e. The number of thioether (sulfide) groups is 1. The quantitative estimate of drug-likeness (QED) is 0.416. The molecule has 0 saturated carbocycles. The zero-order valence-electron chi connectivity index (χ0n) is 17.3. The number of furan rings is 1. The number of nitrogens with zero attached hydrogens (tertiary/aromatic N) is 3. The lowest BCUT2D eigenvalue weighted by Crippen LogP contribution is -2.40. The van der Waals surface area contributed by atoms with Crippen molar-refractivity contribution in [3.63, 3.8) is 0 Å². The predicted octanol–water partition coefficient (Wildman–Crippen LogP) is 3.95. The van der Waals surface area contributed by atoms with Crippen molar-refractivity contribution in [1.29, 1.82) is 0 Å². The molecule has 0 bridgehead atoms. The number of benzene rings is 2. The molecule has 2 aromatic carbocycles. The van der Waals surface area contributed by atoms with E-state index in [1.807, 2.05) is 78.2 Å². The minimum atomic E-state index is -0.543. The van der Waals surface area contributed by atoms with Crippen LogP contribution in [0.4, 0.5) is 4.79 Å². The molecule has 2 N–H and O–H groups in total. The molecule has 4 rings (SSSR count). The summed E-state index contributed by atoms with van der Waals surface area (Å²) in [6.45, 7) is 2.19. The molecule has 32 heavy (non-hydrogen) atoms. The molecule has 0 aliphatic rings. The Kier molecular flexibility index (Phi) is 6.66. The van der Waals surface area contributed by atoms with Crippen molar-refractivity contribution in [2.45, 2.75) is 18.6 Å². The summed E-state index contributed by atoms with van der Waals surface area (Å²) in [5.41, 5.74) is 2.62. The standard InChI is InChI=1S/C23H21N5O3S/c1-16-19(12-13-31-16)21-26-27-23(28(21)18-10-6-3-7-11-18)32-15-20(29)25-22(30)24-14-17-8-4-2-5-9-17/h2-13H,14-15H2,1H3,(H2,24,25,29,30). The van der Waals surface area contributed by atoms with Crippen LogP contribution in [-0.2, 0) is 11.3 Å². The Morgan fingerprint density at radius 3 is 2.41 bits per heavy atom. The molecule has 2 aromatic heterocycles. The highest BCUT2D eigenvalue weighted by Gasteiger charge is 2.20. The zero-order valence-corrected chi connectivity index (χ0v) is 18.1. The first-order valence-electron chi connectivity index (χ1n) is 9.91. The molecule has 162 valence electrons. The van der Waals surface area contributed by atoms with Crippen LogP contribution in [-0.4, -0.2) is 32.5 Å². The molecule has 0 aliphatic carbocycles. The summed E-state index contributed by atoms with van der Waals surface area (Å²) in [6.07, 6.45) is 1.60. The van der Waals surface area contributed by atoms with E-state index in [2.05, 4.69) is 20.8 Å². The predicted molar refractivity (Wildman–Crippen MR) is 121 cm³/mol. The summed E-state index contributed by atoms with van der Waals surface area (Å²) in [5.74, 6) is 0.919. The summed E-state index contributed by atoms with van der Waals surface area (Å²) >= 11 is 1.20. The van der Waals surface area contributed by atoms with Crippen molar-refractivity contribution in [3.05, 3.63) is 84.3 Å². The van der Waals surface area contributed by atoms with Crippen LogP contribution in [0.25, 0.3) is 17.1 Å². The summed E-state index contributed by atoms with van der Waals surface area (Å²) in [6, 6.07) is 20.4. The van der Waals surface area contributed by atoms with E-state index >= 15 is 0 Å². The van der Waals surface area contributed by atoms with Crippen LogP contribution in [0.1, 0.15) is 11.3 Å². The van der Waals surface area contributed by atoms with Crippen LogP contribution in [0.5, 0.6) is 0 Å². The highest BCUT2D eigenvalue weighted by atomic mass is 32.2. The van der Waals surface area contributed by atoms with Gasteiger partial charge in [0.1, 0.15) is 5.76 Å². The van der Waals surface area contributed by atoms with Crippen LogP contribution in [0.2, 0.25) is 0 Å². The third-order valence-electron chi connectivity index (χ3n) is 4.63. The Bertz CT molecular complexity index is 1200. The van der Waals surface area contributed by atoms with Gasteiger partial charge in [0.05, 0.1) is 17.6 Å². The van der Waals surface area contributed by atoms with Crippen LogP contribution in [0, 0.1) is 6.92 Å². The molecule has 0 unspecified atom stereocenters. The number of rotatable bonds is 7. The SMILES string of the molecule is Cc1occc1-c1nnc(SCC(=O)NC(=O)NCc2ccccc2)n1-c1ccccc1. The van der Waals surface area contributed by atoms with E-state index < -0.39 is 11.9 Å². The van der Waals surface area contributed by atoms with Crippen molar-refractivity contribution < 1.29 is 14.0 Å². The Labute approximate surface area is 189 Å². The van der Waals surface area contributed by atoms with Crippen molar-refractivity contribution in [1.82, 2.24) is 25.4 Å². The van der Waals surface area contributed by atoms with Crippen molar-refractivity contribution in [2.75, 3.05) is 5.75 Å². The van der Waals surface area contributed by atoms with Gasteiger partial charge >= 0.3 is 6.03 Å². The Morgan fingerprint density at radius 2 is 1.72 bits per heavy atom. The van der Waals surface area contributed by atoms with Crippen LogP contribution < -0.4 is 10.6 Å². The average molecular weight is 448 g/mol. The lowest BCUT2D eigenvalue weighted by Gasteiger charge is -2.10. The summed E-state index contributed by atoms with van der Waals surface area (Å²) in [5, 5.41) is 14.1. The number of hydrogen-bond acceptors (Lipinski definition) is 6. The van der Waals surface area contributed by atoms with E-state index in [1.165, 1.54) is 11.8 Å². The van der Waals surface area contributed by atoms with Crippen LogP contribution in [0.15, 0.2) is 82.6 Å². The van der Waals surface area contributed by atoms with Gasteiger partial charge in [0, 0.05) is 12.2 Å². The molecule has 0 fully saturated rings. The van der Waals surface area contributed by atoms with E-state index in [1.54, 1.807) is 6.26 Å². The van der Waals surface area contributed by atoms with E-state index in [0.717, 1.165) is 22.6 Å². The molecule has 0 spiro atoms. The van der Waals surface area contributed by atoms with Gasteiger partial charge in [-0.3, -0.25) is 14.7 Å². The minimum absolute atomic E-state index is 0.00803.